The summed E-state index contributed by atoms with van der Waals surface area (Å²) in [7, 11) is 6.95. The number of aliphatic hydroxyl groups is 6. The Bertz CT molecular complexity index is 2500. The van der Waals surface area contributed by atoms with Crippen molar-refractivity contribution in [3.63, 3.8) is 0 Å². The number of fused-ring (bicyclic) bond motifs is 5. The first-order chi connectivity index (χ1) is 39.8. The second-order valence-electron chi connectivity index (χ2n) is 28.5. The number of halogens is 2. The van der Waals surface area contributed by atoms with Crippen molar-refractivity contribution in [1.29, 1.82) is 0 Å². The Morgan fingerprint density at radius 1 is 0.872 bits per heavy atom. The van der Waals surface area contributed by atoms with E-state index in [9.17, 15) is 49.8 Å². The Balaban J connectivity index is 1.11. The van der Waals surface area contributed by atoms with E-state index < -0.39 is 172 Å². The molecule has 3 aliphatic heterocycles. The van der Waals surface area contributed by atoms with Crippen LogP contribution in [0.4, 0.5) is 8.78 Å². The van der Waals surface area contributed by atoms with Crippen LogP contribution in [-0.2, 0) is 57.1 Å². The van der Waals surface area contributed by atoms with E-state index in [-0.39, 0.29) is 88.1 Å². The molecule has 7 rings (SSSR count). The number of unbranched alkanes of at least 4 members (excludes halogenated alkanes) is 1. The number of ether oxygens (including phenoxy) is 8. The summed E-state index contributed by atoms with van der Waals surface area (Å²) in [6.45, 7) is 22.1. The van der Waals surface area contributed by atoms with Gasteiger partial charge in [0.05, 0.1) is 60.3 Å². The van der Waals surface area contributed by atoms with Crippen LogP contribution in [0, 0.1) is 46.3 Å². The first-order valence-corrected chi connectivity index (χ1v) is 31.4. The fourth-order valence-corrected chi connectivity index (χ4v) is 16.7. The highest BCUT2D eigenvalue weighted by Gasteiger charge is 2.77. The summed E-state index contributed by atoms with van der Waals surface area (Å²) in [5, 5.41) is 72.2. The van der Waals surface area contributed by atoms with Crippen molar-refractivity contribution in [2.45, 2.75) is 268 Å². The van der Waals surface area contributed by atoms with Crippen LogP contribution in [0.3, 0.4) is 0 Å². The molecular weight excluding hydrogens is 1120 g/mol. The number of nitrogens with zero attached hydrogens (tertiary/aromatic N) is 2. The van der Waals surface area contributed by atoms with Gasteiger partial charge in [-0.3, -0.25) is 14.4 Å². The maximum atomic E-state index is 17.8. The molecule has 3 heterocycles. The number of methoxy groups -OCH3 is 1. The van der Waals surface area contributed by atoms with Crippen molar-refractivity contribution >= 4 is 23.7 Å². The molecule has 4 unspecified atom stereocenters. The third kappa shape index (κ3) is 12.8. The zero-order chi connectivity index (χ0) is 64.4. The predicted octanol–water partition coefficient (Wildman–Crippen LogP) is 5.81. The smallest absolute Gasteiger partial charge is 0.338 e. The van der Waals surface area contributed by atoms with Gasteiger partial charge in [-0.1, -0.05) is 40.7 Å². The van der Waals surface area contributed by atoms with E-state index in [0.29, 0.717) is 13.0 Å². The van der Waals surface area contributed by atoms with Crippen LogP contribution in [0.15, 0.2) is 23.6 Å². The van der Waals surface area contributed by atoms with E-state index in [2.05, 4.69) is 0 Å². The zero-order valence-corrected chi connectivity index (χ0v) is 54.0. The zero-order valence-electron chi connectivity index (χ0n) is 54.0. The summed E-state index contributed by atoms with van der Waals surface area (Å²) in [5.41, 5.74) is -12.3. The molecule has 0 amide bonds. The van der Waals surface area contributed by atoms with Gasteiger partial charge in [0.15, 0.2) is 35.7 Å². The van der Waals surface area contributed by atoms with Gasteiger partial charge in [0.2, 0.25) is 0 Å². The van der Waals surface area contributed by atoms with E-state index in [1.165, 1.54) is 33.1 Å². The van der Waals surface area contributed by atoms with Crippen LogP contribution in [0.5, 0.6) is 0 Å². The highest BCUT2D eigenvalue weighted by molar-refractivity contribution is 5.93. The molecular formula is C64H104F2N2O18. The lowest BCUT2D eigenvalue weighted by Gasteiger charge is -2.61. The normalized spacial score (nSPS) is 48.1. The fraction of sp³-hybridized carbons (Fsp3) is 0.875. The van der Waals surface area contributed by atoms with Crippen molar-refractivity contribution < 1.29 is 96.5 Å². The molecule has 0 spiro atoms. The van der Waals surface area contributed by atoms with Crippen molar-refractivity contribution in [1.82, 2.24) is 9.80 Å². The van der Waals surface area contributed by atoms with Gasteiger partial charge in [-0.15, -0.1) is 0 Å². The maximum absolute atomic E-state index is 17.8. The number of cyclic esters (lactones) is 1. The highest BCUT2D eigenvalue weighted by atomic mass is 19.1. The average Bonchev–Trinajstić information content (AvgIpc) is 1.30. The van der Waals surface area contributed by atoms with Gasteiger partial charge in [0.1, 0.15) is 29.7 Å². The summed E-state index contributed by atoms with van der Waals surface area (Å²) in [4.78, 5) is 59.2. The number of hydrogen-bond donors (Lipinski definition) is 6. The number of carbonyl (C=O) groups is 4. The third-order valence-corrected chi connectivity index (χ3v) is 22.0. The molecule has 4 aliphatic carbocycles. The molecule has 5 fully saturated rings. The minimum atomic E-state index is -2.38. The Labute approximate surface area is 507 Å². The van der Waals surface area contributed by atoms with Crippen LogP contribution in [-0.4, -0.2) is 213 Å². The lowest BCUT2D eigenvalue weighted by molar-refractivity contribution is -0.319. The first-order valence-electron chi connectivity index (χ1n) is 31.4. The largest absolute Gasteiger partial charge is 0.464 e. The van der Waals surface area contributed by atoms with Crippen LogP contribution < -0.4 is 0 Å². The molecule has 2 saturated carbocycles. The maximum Gasteiger partial charge on any atom is 0.338 e. The SMILES string of the molecule is CC[C@H]1OC(=O)[C@H](C)[C@@H](O[C@@H]2C[C@](C)(OC)[C@H](O)C(C)O2)[C@H](C)[C@@H](O[C@@H]2O[C@H](C)C[C@@H](N(C)C)C2OC(=O)CCCCOC(=O)[C@@]2(O)[C@H](C)CC3C4CC(F)=C5CC(=O)C=C[C@]5(C)[C@@]4(F)[C@@H](O)C[C@@]32C)[C@](C)(O)C[C@@H](C)CN(C)[C@H](C)[C@@H](O)[C@]1(C)O. The second-order valence-corrected chi connectivity index (χ2v) is 28.5. The van der Waals surface area contributed by atoms with Gasteiger partial charge in [-0.05, 0) is 151 Å². The van der Waals surface area contributed by atoms with E-state index >= 15 is 8.78 Å². The summed E-state index contributed by atoms with van der Waals surface area (Å²) in [6.07, 6.45) is -9.72. The molecule has 20 nitrogen and oxygen atoms in total. The van der Waals surface area contributed by atoms with Gasteiger partial charge in [-0.25, -0.2) is 13.6 Å². The average molecular weight is 1230 g/mol. The van der Waals surface area contributed by atoms with Crippen LogP contribution in [0.2, 0.25) is 0 Å². The van der Waals surface area contributed by atoms with Gasteiger partial charge in [0.25, 0.3) is 0 Å². The molecule has 26 atom stereocenters. The Morgan fingerprint density at radius 3 is 2.16 bits per heavy atom. The number of allylic oxidation sites excluding steroid dienone is 4. The minimum absolute atomic E-state index is 0.0187. The van der Waals surface area contributed by atoms with Crippen molar-refractivity contribution in [3.05, 3.63) is 23.6 Å². The Hall–Kier alpha value is -3.10. The van der Waals surface area contributed by atoms with Crippen molar-refractivity contribution in [3.8, 4) is 0 Å². The van der Waals surface area contributed by atoms with Crippen molar-refractivity contribution in [2.75, 3.05) is 41.4 Å². The lowest BCUT2D eigenvalue weighted by Crippen LogP contribution is -2.69. The molecule has 0 aromatic heterocycles. The fourth-order valence-electron chi connectivity index (χ4n) is 16.7. The number of alkyl halides is 1. The number of aliphatic hydroxyl groups excluding tert-OH is 3. The number of carbonyl (C=O) groups excluding carboxylic acids is 4. The molecule has 3 saturated heterocycles. The topological polar surface area (TPSA) is 270 Å². The summed E-state index contributed by atoms with van der Waals surface area (Å²) >= 11 is 0. The predicted molar refractivity (Wildman–Crippen MR) is 311 cm³/mol. The summed E-state index contributed by atoms with van der Waals surface area (Å²) in [6, 6.07) is -1.11. The molecule has 22 heteroatoms. The second kappa shape index (κ2) is 26.2. The number of ketones is 1. The van der Waals surface area contributed by atoms with Crippen molar-refractivity contribution in [2.24, 2.45) is 46.3 Å². The number of hydrogen-bond acceptors (Lipinski definition) is 20. The van der Waals surface area contributed by atoms with Gasteiger partial charge < -0.3 is 78.3 Å². The molecule has 0 aromatic rings. The molecule has 6 N–H and O–H groups in total. The number of likely N-dealkylation sites (N-methyl/N-ethyl adjacent to an activating group) is 2. The van der Waals surface area contributed by atoms with Gasteiger partial charge in [-0.2, -0.15) is 0 Å². The molecule has 0 radical (unpaired) electrons. The standard InChI is InChI=1S/C64H104F2N2O18/c1-18-47-62(13,77)52(72)38(7)68(16)32-33(2)29-60(11,76)54(36(5)50(37(6)55(74)83-47)85-49-31-61(12,79-17)53(73)39(8)82-49)86-56-51(45(67(14)15)26-35(4)81-56)84-48(71)21-19-20-24-80-57(75)64(78)34(3)25-41-42-28-44(65)43-27-40(69)22-23-58(43,9)63(42,66)46(70)30-59(41,64)10/h22-23,33-39,41-42,45-47,49-54,56,70,72-73,76-78H,18-21,24-32H2,1-17H3/t33-,34-,35-,36+,37-,38-,39?,41?,42?,45-,46+,47-,49-,50+,51?,52-,53-,54-,56+,58+,59+,60-,61+,62-,63+,64+/m1/s1. The number of esters is 3. The first kappa shape index (κ1) is 70.4. The van der Waals surface area contributed by atoms with Crippen LogP contribution >= 0.6 is 0 Å². The molecule has 86 heavy (non-hydrogen) atoms. The Morgan fingerprint density at radius 2 is 1.53 bits per heavy atom. The van der Waals surface area contributed by atoms with Gasteiger partial charge in [0, 0.05) is 68.0 Å². The molecule has 7 aliphatic rings. The van der Waals surface area contributed by atoms with E-state index in [0.717, 1.165) is 0 Å². The molecule has 492 valence electrons. The quantitative estimate of drug-likeness (QED) is 0.0680. The molecule has 0 aromatic carbocycles. The third-order valence-electron chi connectivity index (χ3n) is 22.0. The van der Waals surface area contributed by atoms with E-state index in [4.69, 9.17) is 37.9 Å². The van der Waals surface area contributed by atoms with Crippen LogP contribution in [0.1, 0.15) is 161 Å². The summed E-state index contributed by atoms with van der Waals surface area (Å²) < 4.78 is 84.7. The highest BCUT2D eigenvalue weighted by Crippen LogP contribution is 2.71. The van der Waals surface area contributed by atoms with Crippen LogP contribution in [0.25, 0.3) is 0 Å². The monoisotopic (exact) mass is 1230 g/mol. The lowest BCUT2D eigenvalue weighted by atomic mass is 9.45. The van der Waals surface area contributed by atoms with Gasteiger partial charge >= 0.3 is 17.9 Å². The van der Waals surface area contributed by atoms with E-state index in [1.54, 1.807) is 69.4 Å². The summed E-state index contributed by atoms with van der Waals surface area (Å²) in [5.74, 6) is -8.30. The molecule has 0 bridgehead atoms. The van der Waals surface area contributed by atoms with E-state index in [1.807, 2.05) is 37.7 Å². The number of rotatable bonds is 14. The Kier molecular flexibility index (Phi) is 21.5. The minimum Gasteiger partial charge on any atom is -0.464 e.